The monoisotopic (exact) mass is 364 g/mol. The summed E-state index contributed by atoms with van der Waals surface area (Å²) in [6.07, 6.45) is 0. The molecule has 0 bridgehead atoms. The van der Waals surface area contributed by atoms with Crippen LogP contribution in [0.5, 0.6) is 0 Å². The first-order valence-corrected chi connectivity index (χ1v) is 6.35. The van der Waals surface area contributed by atoms with Gasteiger partial charge in [0.15, 0.2) is 0 Å². The van der Waals surface area contributed by atoms with Crippen molar-refractivity contribution in [3.63, 3.8) is 0 Å². The Morgan fingerprint density at radius 1 is 1.56 bits per heavy atom. The third kappa shape index (κ3) is 4.22. The first-order valence-electron chi connectivity index (χ1n) is 5.28. The number of benzene rings is 1. The van der Waals surface area contributed by atoms with Gasteiger partial charge in [-0.3, -0.25) is 19.7 Å². The molecule has 1 rings (SSSR count). The molecular weight excluding hydrogens is 351 g/mol. The molecule has 1 N–H and O–H groups in total. The van der Waals surface area contributed by atoms with Gasteiger partial charge >= 0.3 is 0 Å². The quantitative estimate of drug-likeness (QED) is 0.495. The maximum atomic E-state index is 11.7. The molecule has 0 heterocycles. The van der Waals surface area contributed by atoms with Crippen molar-refractivity contribution in [3.05, 3.63) is 37.4 Å². The molecular formula is C11H13IN2O4. The number of carbonyl (C=O) groups excluding carboxylic acids is 1. The molecule has 7 heteroatoms. The van der Waals surface area contributed by atoms with Crippen molar-refractivity contribution in [2.45, 2.75) is 13.8 Å². The summed E-state index contributed by atoms with van der Waals surface area (Å²) in [5.41, 5.74) is 1.96. The van der Waals surface area contributed by atoms with Crippen LogP contribution in [-0.2, 0) is 4.84 Å². The SMILES string of the molecule is CC(C)CONC(=O)c1ccc(I)cc1[N+](=O)[O-]. The first-order chi connectivity index (χ1) is 8.41. The Morgan fingerprint density at radius 2 is 2.22 bits per heavy atom. The van der Waals surface area contributed by atoms with E-state index in [1.165, 1.54) is 12.1 Å². The van der Waals surface area contributed by atoms with Gasteiger partial charge < -0.3 is 0 Å². The minimum atomic E-state index is -0.612. The summed E-state index contributed by atoms with van der Waals surface area (Å²) in [5.74, 6) is -0.351. The van der Waals surface area contributed by atoms with Crippen LogP contribution in [-0.4, -0.2) is 17.4 Å². The Hall–Kier alpha value is -1.22. The summed E-state index contributed by atoms with van der Waals surface area (Å²) < 4.78 is 0.693. The molecule has 1 aromatic rings. The largest absolute Gasteiger partial charge is 0.283 e. The number of hydroxylamine groups is 1. The molecule has 6 nitrogen and oxygen atoms in total. The molecule has 18 heavy (non-hydrogen) atoms. The maximum Gasteiger partial charge on any atom is 0.283 e. The number of halogens is 1. The van der Waals surface area contributed by atoms with Crippen LogP contribution in [0.4, 0.5) is 5.69 Å². The van der Waals surface area contributed by atoms with Gasteiger partial charge in [0, 0.05) is 9.64 Å². The van der Waals surface area contributed by atoms with E-state index in [9.17, 15) is 14.9 Å². The molecule has 0 unspecified atom stereocenters. The van der Waals surface area contributed by atoms with Crippen molar-refractivity contribution in [1.29, 1.82) is 0 Å². The van der Waals surface area contributed by atoms with Crippen molar-refractivity contribution in [3.8, 4) is 0 Å². The standard InChI is InChI=1S/C11H13IN2O4/c1-7(2)6-18-13-11(15)9-4-3-8(12)5-10(9)14(16)17/h3-5,7H,6H2,1-2H3,(H,13,15). The van der Waals surface area contributed by atoms with E-state index in [4.69, 9.17) is 4.84 Å². The molecule has 0 aliphatic carbocycles. The van der Waals surface area contributed by atoms with Gasteiger partial charge in [-0.1, -0.05) is 13.8 Å². The number of hydrogen-bond donors (Lipinski definition) is 1. The lowest BCUT2D eigenvalue weighted by molar-refractivity contribution is -0.385. The molecule has 0 aliphatic rings. The fraction of sp³-hybridized carbons (Fsp3) is 0.364. The number of hydrogen-bond acceptors (Lipinski definition) is 4. The van der Waals surface area contributed by atoms with Gasteiger partial charge in [-0.25, -0.2) is 5.48 Å². The second-order valence-corrected chi connectivity index (χ2v) is 5.30. The predicted octanol–water partition coefficient (Wildman–Crippen LogP) is 2.52. The van der Waals surface area contributed by atoms with Crippen LogP contribution in [0.2, 0.25) is 0 Å². The summed E-state index contributed by atoms with van der Waals surface area (Å²) in [6, 6.07) is 4.39. The van der Waals surface area contributed by atoms with Gasteiger partial charge in [0.2, 0.25) is 0 Å². The normalized spacial score (nSPS) is 10.4. The average molecular weight is 364 g/mol. The third-order valence-electron chi connectivity index (χ3n) is 1.98. The summed E-state index contributed by atoms with van der Waals surface area (Å²) in [5, 5.41) is 10.8. The molecule has 1 amide bonds. The van der Waals surface area contributed by atoms with E-state index in [0.717, 1.165) is 0 Å². The van der Waals surface area contributed by atoms with Crippen LogP contribution in [0.1, 0.15) is 24.2 Å². The van der Waals surface area contributed by atoms with Crippen LogP contribution in [0, 0.1) is 19.6 Å². The summed E-state index contributed by atoms with van der Waals surface area (Å²) in [6.45, 7) is 4.21. The van der Waals surface area contributed by atoms with E-state index in [1.807, 2.05) is 36.4 Å². The van der Waals surface area contributed by atoms with E-state index >= 15 is 0 Å². The van der Waals surface area contributed by atoms with Crippen LogP contribution in [0.25, 0.3) is 0 Å². The van der Waals surface area contributed by atoms with Gasteiger partial charge in [-0.2, -0.15) is 0 Å². The number of nitro benzene ring substituents is 1. The number of rotatable bonds is 5. The van der Waals surface area contributed by atoms with E-state index in [-0.39, 0.29) is 17.2 Å². The second-order valence-electron chi connectivity index (χ2n) is 4.05. The maximum absolute atomic E-state index is 11.7. The van der Waals surface area contributed by atoms with E-state index in [1.54, 1.807) is 6.07 Å². The minimum Gasteiger partial charge on any atom is -0.273 e. The van der Waals surface area contributed by atoms with Gasteiger partial charge in [-0.15, -0.1) is 0 Å². The number of carbonyl (C=O) groups is 1. The Kier molecular flexibility index (Phi) is 5.48. The second kappa shape index (κ2) is 6.64. The topological polar surface area (TPSA) is 81.5 Å². The Bertz CT molecular complexity index is 462. The molecule has 98 valence electrons. The molecule has 0 saturated heterocycles. The van der Waals surface area contributed by atoms with Crippen LogP contribution < -0.4 is 5.48 Å². The highest BCUT2D eigenvalue weighted by Crippen LogP contribution is 2.21. The lowest BCUT2D eigenvalue weighted by Gasteiger charge is -2.08. The molecule has 0 spiro atoms. The Morgan fingerprint density at radius 3 is 2.78 bits per heavy atom. The van der Waals surface area contributed by atoms with Crippen molar-refractivity contribution >= 4 is 34.2 Å². The zero-order valence-electron chi connectivity index (χ0n) is 9.97. The summed E-state index contributed by atoms with van der Waals surface area (Å²) in [4.78, 5) is 26.9. The van der Waals surface area contributed by atoms with Crippen molar-refractivity contribution in [2.75, 3.05) is 6.61 Å². The molecule has 1 aromatic carbocycles. The highest BCUT2D eigenvalue weighted by Gasteiger charge is 2.20. The highest BCUT2D eigenvalue weighted by atomic mass is 127. The smallest absolute Gasteiger partial charge is 0.273 e. The molecule has 0 fully saturated rings. The van der Waals surface area contributed by atoms with E-state index in [2.05, 4.69) is 5.48 Å². The number of nitrogens with one attached hydrogen (secondary N) is 1. The van der Waals surface area contributed by atoms with Crippen LogP contribution in [0.15, 0.2) is 18.2 Å². The fourth-order valence-electron chi connectivity index (χ4n) is 1.18. The Labute approximate surface area is 118 Å². The lowest BCUT2D eigenvalue weighted by atomic mass is 10.2. The van der Waals surface area contributed by atoms with Gasteiger partial charge in [0.25, 0.3) is 11.6 Å². The molecule has 0 atom stereocenters. The molecule has 0 radical (unpaired) electrons. The summed E-state index contributed by atoms with van der Waals surface area (Å²) in [7, 11) is 0. The Balaban J connectivity index is 2.82. The van der Waals surface area contributed by atoms with Gasteiger partial charge in [0.1, 0.15) is 5.56 Å². The molecule has 0 aromatic heterocycles. The fourth-order valence-corrected chi connectivity index (χ4v) is 1.65. The van der Waals surface area contributed by atoms with Crippen molar-refractivity contribution in [1.82, 2.24) is 5.48 Å². The van der Waals surface area contributed by atoms with Gasteiger partial charge in [0.05, 0.1) is 11.5 Å². The van der Waals surface area contributed by atoms with Gasteiger partial charge in [-0.05, 0) is 40.6 Å². The van der Waals surface area contributed by atoms with E-state index in [0.29, 0.717) is 10.2 Å². The zero-order valence-corrected chi connectivity index (χ0v) is 12.1. The van der Waals surface area contributed by atoms with Crippen molar-refractivity contribution in [2.24, 2.45) is 5.92 Å². The minimum absolute atomic E-state index is 0.0100. The van der Waals surface area contributed by atoms with Crippen LogP contribution >= 0.6 is 22.6 Å². The van der Waals surface area contributed by atoms with Crippen LogP contribution in [0.3, 0.4) is 0 Å². The third-order valence-corrected chi connectivity index (χ3v) is 2.65. The van der Waals surface area contributed by atoms with E-state index < -0.39 is 10.8 Å². The zero-order chi connectivity index (χ0) is 13.7. The number of nitro groups is 1. The number of nitrogens with zero attached hydrogens (tertiary/aromatic N) is 1. The van der Waals surface area contributed by atoms with Crippen molar-refractivity contribution < 1.29 is 14.6 Å². The molecule has 0 aliphatic heterocycles. The predicted molar refractivity (Wildman–Crippen MR) is 74.1 cm³/mol. The number of amides is 1. The molecule has 0 saturated carbocycles. The first kappa shape index (κ1) is 14.8. The average Bonchev–Trinajstić information content (AvgIpc) is 2.28. The lowest BCUT2D eigenvalue weighted by Crippen LogP contribution is -2.26. The highest BCUT2D eigenvalue weighted by molar-refractivity contribution is 14.1. The summed E-state index contributed by atoms with van der Waals surface area (Å²) >= 11 is 1.95.